The lowest BCUT2D eigenvalue weighted by Gasteiger charge is -2.17. The summed E-state index contributed by atoms with van der Waals surface area (Å²) in [6.07, 6.45) is 0.739. The third-order valence-corrected chi connectivity index (χ3v) is 2.93. The van der Waals surface area contributed by atoms with Crippen molar-refractivity contribution >= 4 is 23.0 Å². The lowest BCUT2D eigenvalue weighted by molar-refractivity contribution is 0.255. The van der Waals surface area contributed by atoms with Gasteiger partial charge in [0.1, 0.15) is 0 Å². The number of anilines is 2. The lowest BCUT2D eigenvalue weighted by Crippen LogP contribution is -2.21. The Hall–Kier alpha value is -1.71. The van der Waals surface area contributed by atoms with Crippen LogP contribution in [0.1, 0.15) is 5.56 Å². The van der Waals surface area contributed by atoms with Crippen LogP contribution in [0.5, 0.6) is 0 Å². The fourth-order valence-electron chi connectivity index (χ4n) is 1.69. The van der Waals surface area contributed by atoms with E-state index in [1.54, 1.807) is 12.1 Å². The molecular weight excluding hydrogens is 248 g/mol. The summed E-state index contributed by atoms with van der Waals surface area (Å²) in [5.41, 5.74) is 8.18. The van der Waals surface area contributed by atoms with Gasteiger partial charge in [0, 0.05) is 17.3 Å². The van der Waals surface area contributed by atoms with E-state index in [1.807, 2.05) is 36.4 Å². The highest BCUT2D eigenvalue weighted by atomic mass is 35.5. The van der Waals surface area contributed by atoms with Gasteiger partial charge in [-0.05, 0) is 42.3 Å². The summed E-state index contributed by atoms with van der Waals surface area (Å²) in [5, 5.41) is 11.7. The fraction of sp³-hybridized carbons (Fsp3) is 0.143. The molecule has 4 heteroatoms. The minimum Gasteiger partial charge on any atom is -0.399 e. The first-order valence-electron chi connectivity index (χ1n) is 5.71. The molecule has 0 aliphatic carbocycles. The van der Waals surface area contributed by atoms with Crippen molar-refractivity contribution in [3.63, 3.8) is 0 Å². The molecule has 0 amide bonds. The smallest absolute Gasteiger partial charge is 0.0649 e. The number of halogens is 1. The van der Waals surface area contributed by atoms with Gasteiger partial charge in [-0.3, -0.25) is 10.3 Å². The Morgan fingerprint density at radius 3 is 2.50 bits per heavy atom. The van der Waals surface area contributed by atoms with E-state index < -0.39 is 0 Å². The van der Waals surface area contributed by atoms with Gasteiger partial charge >= 0.3 is 0 Å². The summed E-state index contributed by atoms with van der Waals surface area (Å²) in [7, 11) is 0. The number of hydrogen-bond acceptors (Lipinski definition) is 3. The zero-order valence-electron chi connectivity index (χ0n) is 9.88. The number of nitrogen functional groups attached to an aromatic ring is 1. The van der Waals surface area contributed by atoms with Gasteiger partial charge in [0.05, 0.1) is 5.69 Å². The van der Waals surface area contributed by atoms with Crippen LogP contribution in [0.15, 0.2) is 48.5 Å². The van der Waals surface area contributed by atoms with E-state index in [0.29, 0.717) is 17.3 Å². The zero-order chi connectivity index (χ0) is 13.0. The van der Waals surface area contributed by atoms with Crippen LogP contribution in [0.3, 0.4) is 0 Å². The quantitative estimate of drug-likeness (QED) is 0.656. The van der Waals surface area contributed by atoms with Crippen LogP contribution in [-0.4, -0.2) is 11.8 Å². The van der Waals surface area contributed by atoms with Crippen molar-refractivity contribution in [3.05, 3.63) is 59.1 Å². The molecule has 2 rings (SSSR count). The second-order valence-electron chi connectivity index (χ2n) is 4.09. The Bertz CT molecular complexity index is 513. The first kappa shape index (κ1) is 12.7. The molecule has 3 N–H and O–H groups in total. The standard InChI is InChI=1S/C14H15ClN2O/c15-12-2-1-3-14(10-12)17(18)9-8-11-4-6-13(16)7-5-11/h1-7,10,18H,8-9,16H2. The molecule has 2 aromatic rings. The van der Waals surface area contributed by atoms with Crippen molar-refractivity contribution in [1.82, 2.24) is 0 Å². The fourth-order valence-corrected chi connectivity index (χ4v) is 1.87. The van der Waals surface area contributed by atoms with E-state index >= 15 is 0 Å². The molecule has 0 aliphatic rings. The summed E-state index contributed by atoms with van der Waals surface area (Å²) >= 11 is 5.87. The van der Waals surface area contributed by atoms with Crippen molar-refractivity contribution in [1.29, 1.82) is 0 Å². The normalized spacial score (nSPS) is 10.3. The van der Waals surface area contributed by atoms with E-state index in [-0.39, 0.29) is 0 Å². The molecule has 2 aromatic carbocycles. The van der Waals surface area contributed by atoms with Gasteiger partial charge in [0.2, 0.25) is 0 Å². The molecule has 0 saturated carbocycles. The Kier molecular flexibility index (Phi) is 4.07. The van der Waals surface area contributed by atoms with E-state index in [0.717, 1.165) is 17.7 Å². The first-order chi connectivity index (χ1) is 8.65. The number of rotatable bonds is 4. The minimum absolute atomic E-state index is 0.504. The molecule has 0 heterocycles. The SMILES string of the molecule is Nc1ccc(CCN(O)c2cccc(Cl)c2)cc1. The Morgan fingerprint density at radius 1 is 1.11 bits per heavy atom. The van der Waals surface area contributed by atoms with Gasteiger partial charge in [-0.1, -0.05) is 29.8 Å². The highest BCUT2D eigenvalue weighted by Crippen LogP contribution is 2.18. The maximum absolute atomic E-state index is 9.91. The molecule has 0 radical (unpaired) electrons. The van der Waals surface area contributed by atoms with Crippen LogP contribution >= 0.6 is 11.6 Å². The van der Waals surface area contributed by atoms with E-state index in [1.165, 1.54) is 5.06 Å². The second kappa shape index (κ2) is 5.76. The molecule has 0 aromatic heterocycles. The van der Waals surface area contributed by atoms with Gasteiger partial charge in [0.25, 0.3) is 0 Å². The first-order valence-corrected chi connectivity index (χ1v) is 6.09. The van der Waals surface area contributed by atoms with Crippen LogP contribution in [-0.2, 0) is 6.42 Å². The zero-order valence-corrected chi connectivity index (χ0v) is 10.6. The Balaban J connectivity index is 1.96. The summed E-state index contributed by atoms with van der Waals surface area (Å²) in [4.78, 5) is 0. The monoisotopic (exact) mass is 262 g/mol. The van der Waals surface area contributed by atoms with Crippen LogP contribution < -0.4 is 10.8 Å². The molecule has 0 atom stereocenters. The molecule has 0 unspecified atom stereocenters. The van der Waals surface area contributed by atoms with Gasteiger partial charge < -0.3 is 5.73 Å². The predicted octanol–water partition coefficient (Wildman–Crippen LogP) is 3.36. The highest BCUT2D eigenvalue weighted by molar-refractivity contribution is 6.30. The number of hydrogen-bond donors (Lipinski definition) is 2. The van der Waals surface area contributed by atoms with Crippen molar-refractivity contribution in [2.45, 2.75) is 6.42 Å². The molecular formula is C14H15ClN2O. The van der Waals surface area contributed by atoms with E-state index in [9.17, 15) is 5.21 Å². The van der Waals surface area contributed by atoms with Crippen molar-refractivity contribution in [2.24, 2.45) is 0 Å². The summed E-state index contributed by atoms with van der Waals surface area (Å²) in [5.74, 6) is 0. The van der Waals surface area contributed by atoms with E-state index in [2.05, 4.69) is 0 Å². The van der Waals surface area contributed by atoms with Crippen LogP contribution in [0, 0.1) is 0 Å². The molecule has 0 bridgehead atoms. The van der Waals surface area contributed by atoms with Crippen LogP contribution in [0.2, 0.25) is 5.02 Å². The molecule has 3 nitrogen and oxygen atoms in total. The van der Waals surface area contributed by atoms with Crippen molar-refractivity contribution in [2.75, 3.05) is 17.3 Å². The number of hydroxylamine groups is 1. The van der Waals surface area contributed by atoms with Gasteiger partial charge in [-0.15, -0.1) is 0 Å². The van der Waals surface area contributed by atoms with Gasteiger partial charge in [-0.2, -0.15) is 0 Å². The summed E-state index contributed by atoms with van der Waals surface area (Å²) in [6.45, 7) is 0.504. The number of benzene rings is 2. The second-order valence-corrected chi connectivity index (χ2v) is 4.53. The highest BCUT2D eigenvalue weighted by Gasteiger charge is 2.03. The largest absolute Gasteiger partial charge is 0.399 e. The maximum atomic E-state index is 9.91. The van der Waals surface area contributed by atoms with Crippen LogP contribution in [0.25, 0.3) is 0 Å². The van der Waals surface area contributed by atoms with Crippen molar-refractivity contribution < 1.29 is 5.21 Å². The molecule has 94 valence electrons. The van der Waals surface area contributed by atoms with Crippen LogP contribution in [0.4, 0.5) is 11.4 Å². The average Bonchev–Trinajstić information content (AvgIpc) is 2.38. The maximum Gasteiger partial charge on any atom is 0.0649 e. The average molecular weight is 263 g/mol. The minimum atomic E-state index is 0.504. The Morgan fingerprint density at radius 2 is 1.83 bits per heavy atom. The molecule has 0 aliphatic heterocycles. The Labute approximate surface area is 111 Å². The number of nitrogens with two attached hydrogens (primary N) is 1. The summed E-state index contributed by atoms with van der Waals surface area (Å²) < 4.78 is 0. The molecule has 0 saturated heterocycles. The number of nitrogens with zero attached hydrogens (tertiary/aromatic N) is 1. The third-order valence-electron chi connectivity index (χ3n) is 2.70. The molecule has 18 heavy (non-hydrogen) atoms. The van der Waals surface area contributed by atoms with E-state index in [4.69, 9.17) is 17.3 Å². The molecule has 0 fully saturated rings. The third kappa shape index (κ3) is 3.39. The predicted molar refractivity (Wildman–Crippen MR) is 75.1 cm³/mol. The topological polar surface area (TPSA) is 49.5 Å². The van der Waals surface area contributed by atoms with Gasteiger partial charge in [0.15, 0.2) is 0 Å². The lowest BCUT2D eigenvalue weighted by atomic mass is 10.1. The molecule has 0 spiro atoms. The van der Waals surface area contributed by atoms with Crippen molar-refractivity contribution in [3.8, 4) is 0 Å². The van der Waals surface area contributed by atoms with Gasteiger partial charge in [-0.25, -0.2) is 0 Å². The summed E-state index contributed by atoms with van der Waals surface area (Å²) in [6, 6.07) is 14.8.